The number of carbonyl (C=O) groups is 1. The molecule has 1 aliphatic rings. The number of imidazole rings is 1. The van der Waals surface area contributed by atoms with Crippen LogP contribution in [0.4, 0.5) is 0 Å². The number of hydrogen-bond donors (Lipinski definition) is 3. The molecule has 20 heavy (non-hydrogen) atoms. The third-order valence-electron chi connectivity index (χ3n) is 3.84. The molecule has 1 amide bonds. The van der Waals surface area contributed by atoms with Crippen LogP contribution in [0.5, 0.6) is 0 Å². The van der Waals surface area contributed by atoms with E-state index in [4.69, 9.17) is 0 Å². The van der Waals surface area contributed by atoms with E-state index in [1.807, 2.05) is 20.9 Å². The molecule has 112 valence electrons. The van der Waals surface area contributed by atoms with Gasteiger partial charge in [-0.3, -0.25) is 9.69 Å². The molecule has 0 unspecified atom stereocenters. The molecule has 0 aliphatic carbocycles. The number of aromatic amines is 1. The van der Waals surface area contributed by atoms with E-state index in [-0.39, 0.29) is 11.9 Å². The molecule has 1 saturated heterocycles. The van der Waals surface area contributed by atoms with Gasteiger partial charge in [-0.1, -0.05) is 0 Å². The van der Waals surface area contributed by atoms with Gasteiger partial charge in [0.2, 0.25) is 5.91 Å². The maximum Gasteiger partial charge on any atom is 0.234 e. The Morgan fingerprint density at radius 2 is 2.25 bits per heavy atom. The predicted octanol–water partition coefficient (Wildman–Crippen LogP) is 0.579. The first-order valence-electron chi connectivity index (χ1n) is 7.28. The highest BCUT2D eigenvalue weighted by Gasteiger charge is 2.20. The van der Waals surface area contributed by atoms with Gasteiger partial charge in [0.25, 0.3) is 0 Å². The van der Waals surface area contributed by atoms with E-state index >= 15 is 0 Å². The first-order chi connectivity index (χ1) is 9.56. The zero-order valence-electron chi connectivity index (χ0n) is 12.6. The summed E-state index contributed by atoms with van der Waals surface area (Å²) < 4.78 is 0. The summed E-state index contributed by atoms with van der Waals surface area (Å²) in [5.41, 5.74) is 1.01. The van der Waals surface area contributed by atoms with Crippen LogP contribution >= 0.6 is 0 Å². The molecule has 0 radical (unpaired) electrons. The maximum atomic E-state index is 12.1. The van der Waals surface area contributed by atoms with Gasteiger partial charge in [-0.2, -0.15) is 0 Å². The Balaban J connectivity index is 1.79. The van der Waals surface area contributed by atoms with Gasteiger partial charge in [0, 0.05) is 17.9 Å². The normalized spacial score (nSPS) is 18.2. The van der Waals surface area contributed by atoms with Crippen molar-refractivity contribution in [3.05, 3.63) is 17.7 Å². The summed E-state index contributed by atoms with van der Waals surface area (Å²) in [6.07, 6.45) is 3.99. The van der Waals surface area contributed by atoms with Crippen LogP contribution in [0, 0.1) is 6.92 Å². The summed E-state index contributed by atoms with van der Waals surface area (Å²) in [4.78, 5) is 21.6. The van der Waals surface area contributed by atoms with E-state index in [0.29, 0.717) is 12.6 Å². The Labute approximate surface area is 120 Å². The van der Waals surface area contributed by atoms with Gasteiger partial charge in [0.05, 0.1) is 12.6 Å². The number of carbonyl (C=O) groups excluding carboxylic acids is 1. The third-order valence-corrected chi connectivity index (χ3v) is 3.84. The molecule has 1 aromatic heterocycles. The van der Waals surface area contributed by atoms with E-state index in [0.717, 1.165) is 37.4 Å². The minimum absolute atomic E-state index is 0.0487. The largest absolute Gasteiger partial charge is 0.345 e. The summed E-state index contributed by atoms with van der Waals surface area (Å²) in [6.45, 7) is 6.42. The third kappa shape index (κ3) is 4.05. The molecule has 0 spiro atoms. The molecule has 6 nitrogen and oxygen atoms in total. The molecule has 3 N–H and O–H groups in total. The number of rotatable bonds is 5. The van der Waals surface area contributed by atoms with Crippen molar-refractivity contribution in [2.45, 2.75) is 38.8 Å². The van der Waals surface area contributed by atoms with Gasteiger partial charge in [-0.25, -0.2) is 4.98 Å². The fraction of sp³-hybridized carbons (Fsp3) is 0.714. The molecular weight excluding hydrogens is 254 g/mol. The average molecular weight is 279 g/mol. The van der Waals surface area contributed by atoms with E-state index < -0.39 is 0 Å². The Hall–Kier alpha value is -1.40. The number of hydrogen-bond acceptors (Lipinski definition) is 4. The van der Waals surface area contributed by atoms with E-state index in [9.17, 15) is 4.79 Å². The van der Waals surface area contributed by atoms with Crippen LogP contribution in [0.15, 0.2) is 6.20 Å². The van der Waals surface area contributed by atoms with Crippen molar-refractivity contribution in [3.8, 4) is 0 Å². The molecule has 2 heterocycles. The Morgan fingerprint density at radius 3 is 2.85 bits per heavy atom. The lowest BCUT2D eigenvalue weighted by molar-refractivity contribution is -0.123. The molecule has 1 atom stereocenters. The number of piperidine rings is 1. The first kappa shape index (κ1) is 15.0. The minimum Gasteiger partial charge on any atom is -0.345 e. The van der Waals surface area contributed by atoms with E-state index in [1.165, 1.54) is 0 Å². The summed E-state index contributed by atoms with van der Waals surface area (Å²) in [5.74, 6) is 0.855. The minimum atomic E-state index is -0.0855. The van der Waals surface area contributed by atoms with Crippen LogP contribution in [0.3, 0.4) is 0 Å². The number of aromatic nitrogens is 2. The van der Waals surface area contributed by atoms with Gasteiger partial charge < -0.3 is 15.6 Å². The number of H-pyrrole nitrogens is 1. The van der Waals surface area contributed by atoms with Crippen LogP contribution in [0.25, 0.3) is 0 Å². The second-order valence-corrected chi connectivity index (χ2v) is 5.64. The van der Waals surface area contributed by atoms with Gasteiger partial charge in [0.1, 0.15) is 5.82 Å². The van der Waals surface area contributed by atoms with Crippen LogP contribution in [-0.2, 0) is 4.79 Å². The lowest BCUT2D eigenvalue weighted by Crippen LogP contribution is -2.45. The molecule has 0 saturated carbocycles. The smallest absolute Gasteiger partial charge is 0.234 e. The topological polar surface area (TPSA) is 73.1 Å². The maximum absolute atomic E-state index is 12.1. The average Bonchev–Trinajstić information content (AvgIpc) is 2.86. The zero-order valence-corrected chi connectivity index (χ0v) is 12.6. The lowest BCUT2D eigenvalue weighted by Gasteiger charge is -2.31. The molecule has 2 rings (SSSR count). The van der Waals surface area contributed by atoms with Crippen LogP contribution in [0.2, 0.25) is 0 Å². The van der Waals surface area contributed by atoms with Crippen molar-refractivity contribution in [2.24, 2.45) is 0 Å². The number of nitrogens with one attached hydrogen (secondary N) is 3. The van der Waals surface area contributed by atoms with E-state index in [1.54, 1.807) is 6.20 Å². The molecular formula is C14H25N5O. The highest BCUT2D eigenvalue weighted by molar-refractivity contribution is 5.78. The molecule has 0 aromatic carbocycles. The number of aryl methyl sites for hydroxylation is 1. The summed E-state index contributed by atoms with van der Waals surface area (Å²) in [7, 11) is 2.03. The van der Waals surface area contributed by atoms with Crippen molar-refractivity contribution in [1.29, 1.82) is 0 Å². The van der Waals surface area contributed by atoms with Gasteiger partial charge in [-0.15, -0.1) is 0 Å². The highest BCUT2D eigenvalue weighted by Crippen LogP contribution is 2.10. The van der Waals surface area contributed by atoms with Gasteiger partial charge in [0.15, 0.2) is 0 Å². The monoisotopic (exact) mass is 279 g/mol. The summed E-state index contributed by atoms with van der Waals surface area (Å²) >= 11 is 0. The van der Waals surface area contributed by atoms with Gasteiger partial charge >= 0.3 is 0 Å². The second-order valence-electron chi connectivity index (χ2n) is 5.64. The quantitative estimate of drug-likeness (QED) is 0.737. The number of likely N-dealkylation sites (N-methyl/N-ethyl adjacent to an activating group) is 1. The van der Waals surface area contributed by atoms with Crippen LogP contribution in [-0.4, -0.2) is 53.5 Å². The first-order valence-corrected chi connectivity index (χ1v) is 7.28. The predicted molar refractivity (Wildman–Crippen MR) is 78.4 cm³/mol. The highest BCUT2D eigenvalue weighted by atomic mass is 16.2. The fourth-order valence-electron chi connectivity index (χ4n) is 2.61. The number of nitrogens with zero attached hydrogens (tertiary/aromatic N) is 2. The second kappa shape index (κ2) is 6.85. The molecule has 6 heteroatoms. The number of amides is 1. The van der Waals surface area contributed by atoms with Crippen LogP contribution < -0.4 is 10.6 Å². The van der Waals surface area contributed by atoms with E-state index in [2.05, 4.69) is 25.5 Å². The Kier molecular flexibility index (Phi) is 5.14. The Morgan fingerprint density at radius 1 is 1.55 bits per heavy atom. The summed E-state index contributed by atoms with van der Waals surface area (Å²) in [5, 5.41) is 6.33. The summed E-state index contributed by atoms with van der Waals surface area (Å²) in [6, 6.07) is 0.417. The Bertz CT molecular complexity index is 439. The molecule has 1 fully saturated rings. The van der Waals surface area contributed by atoms with Gasteiger partial charge in [-0.05, 0) is 46.8 Å². The van der Waals surface area contributed by atoms with Crippen molar-refractivity contribution in [1.82, 2.24) is 25.5 Å². The van der Waals surface area contributed by atoms with Crippen molar-refractivity contribution in [2.75, 3.05) is 26.7 Å². The van der Waals surface area contributed by atoms with Crippen LogP contribution in [0.1, 0.15) is 37.3 Å². The molecule has 1 aromatic rings. The zero-order chi connectivity index (χ0) is 14.5. The lowest BCUT2D eigenvalue weighted by atomic mass is 10.1. The SMILES string of the molecule is Cc1cnc([C@H](C)NC(=O)CN(C)C2CCNCC2)[nH]1. The molecule has 0 bridgehead atoms. The van der Waals surface area contributed by atoms with Crippen molar-refractivity contribution >= 4 is 5.91 Å². The van der Waals surface area contributed by atoms with Crippen molar-refractivity contribution < 1.29 is 4.79 Å². The molecule has 1 aliphatic heterocycles. The fourth-order valence-corrected chi connectivity index (χ4v) is 2.61. The van der Waals surface area contributed by atoms with Crippen molar-refractivity contribution in [3.63, 3.8) is 0 Å². The standard InChI is InChI=1S/C14H25N5O/c1-10-8-16-14(17-10)11(2)18-13(20)9-19(3)12-4-6-15-7-5-12/h8,11-12,15H,4-7,9H2,1-3H3,(H,16,17)(H,18,20)/t11-/m0/s1.